The van der Waals surface area contributed by atoms with E-state index in [1.54, 1.807) is 0 Å². The van der Waals surface area contributed by atoms with Crippen LogP contribution in [0.4, 0.5) is 0 Å². The van der Waals surface area contributed by atoms with Crippen LogP contribution < -0.4 is 0 Å². The predicted octanol–water partition coefficient (Wildman–Crippen LogP) is 4.33. The second-order valence-corrected chi connectivity index (χ2v) is 4.89. The van der Waals surface area contributed by atoms with Crippen LogP contribution >= 0.6 is 0 Å². The van der Waals surface area contributed by atoms with Crippen molar-refractivity contribution in [3.8, 4) is 0 Å². The number of rotatable bonds is 2. The average Bonchev–Trinajstić information content (AvgIpc) is 2.17. The lowest BCUT2D eigenvalue weighted by molar-refractivity contribution is 0.328. The Bertz CT molecular complexity index is 250. The van der Waals surface area contributed by atoms with Gasteiger partial charge < -0.3 is 5.41 Å². The molecule has 0 amide bonds. The quantitative estimate of drug-likeness (QED) is 0.498. The van der Waals surface area contributed by atoms with E-state index in [1.807, 2.05) is 6.92 Å². The molecule has 0 saturated heterocycles. The zero-order valence-corrected chi connectivity index (χ0v) is 10.0. The van der Waals surface area contributed by atoms with Crippen molar-refractivity contribution in [2.45, 2.75) is 59.8 Å². The molecule has 1 fully saturated rings. The monoisotopic (exact) mass is 193 g/mol. The van der Waals surface area contributed by atoms with Gasteiger partial charge in [0.2, 0.25) is 0 Å². The molecule has 0 atom stereocenters. The Morgan fingerprint density at radius 1 is 0.929 bits per heavy atom. The summed E-state index contributed by atoms with van der Waals surface area (Å²) in [5, 5.41) is 8.03. The van der Waals surface area contributed by atoms with Gasteiger partial charge in [-0.15, -0.1) is 0 Å². The maximum absolute atomic E-state index is 8.03. The molecule has 0 radical (unpaired) electrons. The van der Waals surface area contributed by atoms with E-state index in [0.29, 0.717) is 0 Å². The summed E-state index contributed by atoms with van der Waals surface area (Å²) in [6, 6.07) is 0. The highest BCUT2D eigenvalue weighted by Gasteiger charge is 2.36. The maximum Gasteiger partial charge on any atom is 0.0285 e. The number of nitrogens with one attached hydrogen (secondary N) is 1. The maximum atomic E-state index is 8.03. The van der Waals surface area contributed by atoms with E-state index >= 15 is 0 Å². The molecule has 0 aromatic rings. The first kappa shape index (κ1) is 11.5. The van der Waals surface area contributed by atoms with Crippen LogP contribution in [0.2, 0.25) is 0 Å². The summed E-state index contributed by atoms with van der Waals surface area (Å²) in [5.41, 5.74) is 3.84. The molecule has 0 heterocycles. The Labute approximate surface area is 88.1 Å². The molecule has 1 heteroatoms. The Morgan fingerprint density at radius 3 is 1.79 bits per heavy atom. The minimum atomic E-state index is 0.122. The topological polar surface area (TPSA) is 23.9 Å². The van der Waals surface area contributed by atoms with Gasteiger partial charge in [-0.2, -0.15) is 0 Å². The van der Waals surface area contributed by atoms with E-state index in [4.69, 9.17) is 5.41 Å². The summed E-state index contributed by atoms with van der Waals surface area (Å²) in [4.78, 5) is 0. The minimum absolute atomic E-state index is 0.122. The summed E-state index contributed by atoms with van der Waals surface area (Å²) in [6.45, 7) is 8.56. The average molecular weight is 193 g/mol. The molecular formula is C13H23N. The van der Waals surface area contributed by atoms with Crippen LogP contribution in [0.3, 0.4) is 0 Å². The lowest BCUT2D eigenvalue weighted by Gasteiger charge is -2.39. The molecule has 0 spiro atoms. The van der Waals surface area contributed by atoms with Crippen molar-refractivity contribution in [2.75, 3.05) is 0 Å². The van der Waals surface area contributed by atoms with Crippen molar-refractivity contribution in [1.29, 1.82) is 5.41 Å². The van der Waals surface area contributed by atoms with Crippen molar-refractivity contribution in [1.82, 2.24) is 0 Å². The van der Waals surface area contributed by atoms with Gasteiger partial charge in [-0.05, 0) is 40.5 Å². The van der Waals surface area contributed by atoms with E-state index in [1.165, 1.54) is 43.3 Å². The first-order chi connectivity index (χ1) is 6.50. The zero-order valence-electron chi connectivity index (χ0n) is 10.0. The van der Waals surface area contributed by atoms with E-state index in [2.05, 4.69) is 20.8 Å². The molecular weight excluding hydrogens is 170 g/mol. The minimum Gasteiger partial charge on any atom is -0.309 e. The highest BCUT2D eigenvalue weighted by atomic mass is 14.5. The Morgan fingerprint density at radius 2 is 1.43 bits per heavy atom. The standard InChI is InChI=1S/C13H23N/c1-10(2)11(3)13(12(4)14)8-6-5-7-9-13/h14H,5-9H2,1-4H3. The molecule has 1 aliphatic carbocycles. The first-order valence-corrected chi connectivity index (χ1v) is 5.71. The summed E-state index contributed by atoms with van der Waals surface area (Å²) in [5.74, 6) is 0. The fourth-order valence-electron chi connectivity index (χ4n) is 2.67. The van der Waals surface area contributed by atoms with Crippen LogP contribution in [0.25, 0.3) is 0 Å². The SMILES string of the molecule is CC(=N)C1(C(C)=C(C)C)CCCCC1. The predicted molar refractivity (Wildman–Crippen MR) is 63.0 cm³/mol. The van der Waals surface area contributed by atoms with Crippen LogP contribution in [0, 0.1) is 10.8 Å². The van der Waals surface area contributed by atoms with Crippen LogP contribution in [-0.4, -0.2) is 5.71 Å². The van der Waals surface area contributed by atoms with Gasteiger partial charge in [0.15, 0.2) is 0 Å². The smallest absolute Gasteiger partial charge is 0.0285 e. The lowest BCUT2D eigenvalue weighted by atomic mass is 9.66. The van der Waals surface area contributed by atoms with Gasteiger partial charge in [0, 0.05) is 11.1 Å². The summed E-state index contributed by atoms with van der Waals surface area (Å²) >= 11 is 0. The third kappa shape index (κ3) is 1.92. The van der Waals surface area contributed by atoms with Gasteiger partial charge in [0.25, 0.3) is 0 Å². The summed E-state index contributed by atoms with van der Waals surface area (Å²) in [6.07, 6.45) is 6.32. The molecule has 1 saturated carbocycles. The third-order valence-electron chi connectivity index (χ3n) is 3.89. The first-order valence-electron chi connectivity index (χ1n) is 5.71. The summed E-state index contributed by atoms with van der Waals surface area (Å²) in [7, 11) is 0. The lowest BCUT2D eigenvalue weighted by Crippen LogP contribution is -2.33. The Hall–Kier alpha value is -0.590. The third-order valence-corrected chi connectivity index (χ3v) is 3.89. The number of allylic oxidation sites excluding steroid dienone is 2. The Kier molecular flexibility index (Phi) is 3.52. The second-order valence-electron chi connectivity index (χ2n) is 4.89. The number of hydrogen-bond acceptors (Lipinski definition) is 1. The number of hydrogen-bond donors (Lipinski definition) is 1. The van der Waals surface area contributed by atoms with Crippen molar-refractivity contribution in [3.05, 3.63) is 11.1 Å². The molecule has 14 heavy (non-hydrogen) atoms. The van der Waals surface area contributed by atoms with E-state index in [0.717, 1.165) is 5.71 Å². The van der Waals surface area contributed by atoms with Crippen molar-refractivity contribution in [2.24, 2.45) is 5.41 Å². The highest BCUT2D eigenvalue weighted by Crippen LogP contribution is 2.44. The highest BCUT2D eigenvalue weighted by molar-refractivity contribution is 5.88. The van der Waals surface area contributed by atoms with Gasteiger partial charge >= 0.3 is 0 Å². The van der Waals surface area contributed by atoms with Crippen LogP contribution in [0.15, 0.2) is 11.1 Å². The molecule has 0 unspecified atom stereocenters. The van der Waals surface area contributed by atoms with E-state index < -0.39 is 0 Å². The molecule has 0 aromatic carbocycles. The molecule has 1 N–H and O–H groups in total. The van der Waals surface area contributed by atoms with Crippen LogP contribution in [0.5, 0.6) is 0 Å². The molecule has 0 bridgehead atoms. The zero-order chi connectivity index (χ0) is 10.8. The molecule has 1 aliphatic rings. The largest absolute Gasteiger partial charge is 0.309 e. The molecule has 0 aliphatic heterocycles. The van der Waals surface area contributed by atoms with Crippen LogP contribution in [-0.2, 0) is 0 Å². The van der Waals surface area contributed by atoms with Crippen molar-refractivity contribution < 1.29 is 0 Å². The fourth-order valence-corrected chi connectivity index (χ4v) is 2.67. The molecule has 80 valence electrons. The van der Waals surface area contributed by atoms with Crippen molar-refractivity contribution >= 4 is 5.71 Å². The molecule has 1 rings (SSSR count). The van der Waals surface area contributed by atoms with Gasteiger partial charge in [-0.25, -0.2) is 0 Å². The van der Waals surface area contributed by atoms with Crippen LogP contribution in [0.1, 0.15) is 59.8 Å². The van der Waals surface area contributed by atoms with E-state index in [9.17, 15) is 0 Å². The van der Waals surface area contributed by atoms with Gasteiger partial charge in [0.05, 0.1) is 0 Å². The van der Waals surface area contributed by atoms with Gasteiger partial charge in [-0.1, -0.05) is 30.4 Å². The van der Waals surface area contributed by atoms with Gasteiger partial charge in [-0.3, -0.25) is 0 Å². The molecule has 1 nitrogen and oxygen atoms in total. The van der Waals surface area contributed by atoms with Gasteiger partial charge in [0.1, 0.15) is 0 Å². The normalized spacial score (nSPS) is 20.3. The van der Waals surface area contributed by atoms with E-state index in [-0.39, 0.29) is 5.41 Å². The summed E-state index contributed by atoms with van der Waals surface area (Å²) < 4.78 is 0. The fraction of sp³-hybridized carbons (Fsp3) is 0.769. The Balaban J connectivity index is 3.04. The van der Waals surface area contributed by atoms with Crippen molar-refractivity contribution in [3.63, 3.8) is 0 Å². The molecule has 0 aromatic heterocycles. The second kappa shape index (κ2) is 4.29.